The molecule has 2 saturated heterocycles. The van der Waals surface area contributed by atoms with E-state index in [1.807, 2.05) is 36.7 Å². The first-order valence-corrected chi connectivity index (χ1v) is 13.4. The van der Waals surface area contributed by atoms with Crippen molar-refractivity contribution in [3.05, 3.63) is 76.4 Å². The van der Waals surface area contributed by atoms with E-state index in [-0.39, 0.29) is 29.1 Å². The molecule has 4 heterocycles. The smallest absolute Gasteiger partial charge is 0.379 e. The Bertz CT molecular complexity index is 1450. The number of rotatable bonds is 6. The molecule has 2 aromatic carbocycles. The second-order valence-electron chi connectivity index (χ2n) is 11.7. The van der Waals surface area contributed by atoms with Crippen molar-refractivity contribution in [3.8, 4) is 0 Å². The number of carbonyl (C=O) groups is 1. The van der Waals surface area contributed by atoms with Crippen LogP contribution in [-0.4, -0.2) is 51.9 Å². The number of hydrogen-bond donors (Lipinski definition) is 0. The number of aromatic nitrogens is 3. The molecular formula is C29H30F3N5O2. The first kappa shape index (κ1) is 24.8. The number of hydrogen-bond acceptors (Lipinski definition) is 5. The molecule has 7 nitrogen and oxygen atoms in total. The molecule has 3 atom stereocenters. The molecule has 0 N–H and O–H groups in total. The first-order valence-electron chi connectivity index (χ1n) is 13.4. The molecule has 0 spiro atoms. The lowest BCUT2D eigenvalue weighted by molar-refractivity contribution is -0.138. The number of nitrogens with zero attached hydrogens (tertiary/aromatic N) is 5. The van der Waals surface area contributed by atoms with Gasteiger partial charge in [-0.1, -0.05) is 12.1 Å². The van der Waals surface area contributed by atoms with E-state index in [4.69, 9.17) is 4.74 Å². The number of fused-ring (bicyclic) bond motifs is 2. The van der Waals surface area contributed by atoms with Gasteiger partial charge in [-0.3, -0.25) is 9.69 Å². The van der Waals surface area contributed by atoms with Gasteiger partial charge in [0.2, 0.25) is 0 Å². The van der Waals surface area contributed by atoms with Gasteiger partial charge in [0.05, 0.1) is 25.3 Å². The summed E-state index contributed by atoms with van der Waals surface area (Å²) in [6.07, 6.45) is -1.06. The molecule has 0 radical (unpaired) electrons. The maximum absolute atomic E-state index is 14.3. The van der Waals surface area contributed by atoms with Crippen LogP contribution in [0.1, 0.15) is 57.8 Å². The van der Waals surface area contributed by atoms with Crippen LogP contribution in [0.25, 0.3) is 0 Å². The zero-order valence-electron chi connectivity index (χ0n) is 21.9. The van der Waals surface area contributed by atoms with Crippen LogP contribution in [0.5, 0.6) is 0 Å². The van der Waals surface area contributed by atoms with Crippen LogP contribution in [0, 0.1) is 11.8 Å². The van der Waals surface area contributed by atoms with Gasteiger partial charge in [0.25, 0.3) is 5.91 Å². The zero-order valence-corrected chi connectivity index (χ0v) is 21.9. The lowest BCUT2D eigenvalue weighted by Gasteiger charge is -2.42. The van der Waals surface area contributed by atoms with Crippen LogP contribution in [0.2, 0.25) is 0 Å². The average Bonchev–Trinajstić information content (AvgIpc) is 3.16. The number of aryl methyl sites for hydroxylation is 1. The normalized spacial score (nSPS) is 24.4. The molecule has 0 unspecified atom stereocenters. The lowest BCUT2D eigenvalue weighted by atomic mass is 9.75. The summed E-state index contributed by atoms with van der Waals surface area (Å²) in [5.41, 5.74) is 1.28. The minimum Gasteiger partial charge on any atom is -0.379 e. The van der Waals surface area contributed by atoms with E-state index < -0.39 is 17.6 Å². The third-order valence-corrected chi connectivity index (χ3v) is 9.24. The van der Waals surface area contributed by atoms with E-state index in [1.165, 1.54) is 17.4 Å². The van der Waals surface area contributed by atoms with Gasteiger partial charge >= 0.3 is 6.18 Å². The summed E-state index contributed by atoms with van der Waals surface area (Å²) in [6, 6.07) is 10.3. The first-order chi connectivity index (χ1) is 18.6. The van der Waals surface area contributed by atoms with Crippen LogP contribution < -0.4 is 4.90 Å². The van der Waals surface area contributed by atoms with E-state index in [0.29, 0.717) is 42.7 Å². The van der Waals surface area contributed by atoms with Crippen molar-refractivity contribution < 1.29 is 22.7 Å². The highest BCUT2D eigenvalue weighted by Crippen LogP contribution is 2.48. The Morgan fingerprint density at radius 1 is 1.15 bits per heavy atom. The highest BCUT2D eigenvalue weighted by Gasteiger charge is 2.47. The molecule has 3 aromatic rings. The maximum Gasteiger partial charge on any atom is 0.416 e. The van der Waals surface area contributed by atoms with Gasteiger partial charge < -0.3 is 14.2 Å². The number of ether oxygens (including phenoxy) is 1. The number of halogens is 3. The topological polar surface area (TPSA) is 63.5 Å². The molecule has 3 aliphatic heterocycles. The largest absolute Gasteiger partial charge is 0.416 e. The minimum atomic E-state index is -4.55. The summed E-state index contributed by atoms with van der Waals surface area (Å²) >= 11 is 0. The maximum atomic E-state index is 14.3. The summed E-state index contributed by atoms with van der Waals surface area (Å²) in [5.74, 6) is 1.77. The Morgan fingerprint density at radius 3 is 2.56 bits per heavy atom. The zero-order chi connectivity index (χ0) is 27.1. The molecule has 1 amide bonds. The number of carbonyl (C=O) groups excluding carboxylic acids is 1. The Kier molecular flexibility index (Phi) is 5.48. The SMILES string of the molecule is C[C@H](c1cc2c(c(C(F)(F)F)c1)CN(c1cccc(C3(Cc4nncn4C)COC3)c1)C2=O)N1C[C@H]2C[C@H]2C1. The fourth-order valence-electron chi connectivity index (χ4n) is 6.59. The molecule has 0 bridgehead atoms. The van der Waals surface area contributed by atoms with E-state index in [9.17, 15) is 18.0 Å². The summed E-state index contributed by atoms with van der Waals surface area (Å²) in [6.45, 7) is 4.66. The molecule has 204 valence electrons. The molecule has 39 heavy (non-hydrogen) atoms. The second-order valence-corrected chi connectivity index (χ2v) is 11.7. The van der Waals surface area contributed by atoms with Gasteiger partial charge in [0.15, 0.2) is 0 Å². The van der Waals surface area contributed by atoms with Gasteiger partial charge in [-0.05, 0) is 66.1 Å². The van der Waals surface area contributed by atoms with Gasteiger partial charge in [0, 0.05) is 49.3 Å². The van der Waals surface area contributed by atoms with Crippen molar-refractivity contribution in [2.45, 2.75) is 43.9 Å². The molecule has 4 aliphatic rings. The summed E-state index contributed by atoms with van der Waals surface area (Å²) in [5, 5.41) is 8.19. The molecule has 7 rings (SSSR count). The molecule has 1 aromatic heterocycles. The molecule has 10 heteroatoms. The van der Waals surface area contributed by atoms with Crippen molar-refractivity contribution in [3.63, 3.8) is 0 Å². The quantitative estimate of drug-likeness (QED) is 0.463. The van der Waals surface area contributed by atoms with E-state index >= 15 is 0 Å². The van der Waals surface area contributed by atoms with Gasteiger partial charge in [-0.15, -0.1) is 10.2 Å². The third kappa shape index (κ3) is 4.07. The molecule has 3 fully saturated rings. The van der Waals surface area contributed by atoms with E-state index in [0.717, 1.165) is 24.5 Å². The van der Waals surface area contributed by atoms with Crippen molar-refractivity contribution >= 4 is 11.6 Å². The number of benzene rings is 2. The number of amides is 1. The molecule has 1 aliphatic carbocycles. The van der Waals surface area contributed by atoms with Gasteiger partial charge in [-0.25, -0.2) is 0 Å². The fourth-order valence-corrected chi connectivity index (χ4v) is 6.59. The monoisotopic (exact) mass is 537 g/mol. The van der Waals surface area contributed by atoms with Crippen LogP contribution in [0.3, 0.4) is 0 Å². The Morgan fingerprint density at radius 2 is 1.92 bits per heavy atom. The van der Waals surface area contributed by atoms with Crippen LogP contribution in [-0.2, 0) is 36.3 Å². The van der Waals surface area contributed by atoms with Crippen LogP contribution in [0.4, 0.5) is 18.9 Å². The number of anilines is 1. The van der Waals surface area contributed by atoms with Gasteiger partial charge in [0.1, 0.15) is 12.2 Å². The Hall–Kier alpha value is -3.24. The van der Waals surface area contributed by atoms with Crippen molar-refractivity contribution in [2.24, 2.45) is 18.9 Å². The minimum absolute atomic E-state index is 0.0545. The Labute approximate surface area is 224 Å². The summed E-state index contributed by atoms with van der Waals surface area (Å²) in [7, 11) is 1.89. The average molecular weight is 538 g/mol. The van der Waals surface area contributed by atoms with Crippen molar-refractivity contribution in [1.82, 2.24) is 19.7 Å². The van der Waals surface area contributed by atoms with Gasteiger partial charge in [-0.2, -0.15) is 13.2 Å². The molecular weight excluding hydrogens is 507 g/mol. The third-order valence-electron chi connectivity index (χ3n) is 9.24. The van der Waals surface area contributed by atoms with Crippen molar-refractivity contribution in [1.29, 1.82) is 0 Å². The standard InChI is InChI=1S/C29H30F3N5O2/c1-17(36-11-19-6-20(19)12-36)18-7-23-24(25(8-18)29(30,31)32)13-37(27(23)38)22-5-3-4-21(9-22)28(14-39-15-28)10-26-34-33-16-35(26)2/h3-5,7-9,16-17,19-20H,6,10-15H2,1-2H3/t17-,19-,20+/m1/s1. The van der Waals surface area contributed by atoms with Crippen LogP contribution >= 0.6 is 0 Å². The predicted octanol–water partition coefficient (Wildman–Crippen LogP) is 4.52. The highest BCUT2D eigenvalue weighted by atomic mass is 19.4. The number of likely N-dealkylation sites (tertiary alicyclic amines) is 1. The number of piperidine rings is 1. The molecule has 1 saturated carbocycles. The Balaban J connectivity index is 1.21. The highest BCUT2D eigenvalue weighted by molar-refractivity contribution is 6.10. The fraction of sp³-hybridized carbons (Fsp3) is 0.483. The van der Waals surface area contributed by atoms with Crippen molar-refractivity contribution in [2.75, 3.05) is 31.2 Å². The summed E-state index contributed by atoms with van der Waals surface area (Å²) in [4.78, 5) is 17.4. The summed E-state index contributed by atoms with van der Waals surface area (Å²) < 4.78 is 50.4. The van der Waals surface area contributed by atoms with E-state index in [2.05, 4.69) is 15.1 Å². The second kappa shape index (κ2) is 8.63. The van der Waals surface area contributed by atoms with E-state index in [1.54, 1.807) is 18.5 Å². The van der Waals surface area contributed by atoms with Crippen LogP contribution in [0.15, 0.2) is 42.7 Å². The predicted molar refractivity (Wildman–Crippen MR) is 137 cm³/mol. The number of alkyl halides is 3. The lowest BCUT2D eigenvalue weighted by Crippen LogP contribution is -2.49.